The fourth-order valence-electron chi connectivity index (χ4n) is 1.41. The van der Waals surface area contributed by atoms with Crippen LogP contribution < -0.4 is 5.32 Å². The van der Waals surface area contributed by atoms with E-state index in [9.17, 15) is 13.2 Å². The Morgan fingerprint density at radius 2 is 1.95 bits per heavy atom. The summed E-state index contributed by atoms with van der Waals surface area (Å²) in [5.41, 5.74) is 0.351. The number of hydrogen-bond acceptors (Lipinski definition) is 3. The Morgan fingerprint density at radius 3 is 2.47 bits per heavy atom. The molecule has 0 aliphatic rings. The van der Waals surface area contributed by atoms with Gasteiger partial charge in [0.2, 0.25) is 10.0 Å². The highest BCUT2D eigenvalue weighted by atomic mass is 32.2. The molecule has 1 amide bonds. The van der Waals surface area contributed by atoms with Crippen molar-refractivity contribution < 1.29 is 13.2 Å². The molecule has 1 rings (SSSR count). The van der Waals surface area contributed by atoms with Crippen molar-refractivity contribution in [1.29, 1.82) is 0 Å². The second kappa shape index (κ2) is 6.16. The van der Waals surface area contributed by atoms with Crippen LogP contribution >= 0.6 is 0 Å². The van der Waals surface area contributed by atoms with Crippen molar-refractivity contribution in [2.45, 2.75) is 18.7 Å². The minimum atomic E-state index is -3.51. The molecule has 0 radical (unpaired) electrons. The molecular formula is C13H20N2O3S. The molecular weight excluding hydrogens is 264 g/mol. The first-order valence-electron chi connectivity index (χ1n) is 6.06. The van der Waals surface area contributed by atoms with Crippen molar-refractivity contribution in [1.82, 2.24) is 9.62 Å². The van der Waals surface area contributed by atoms with Gasteiger partial charge in [0.05, 0.1) is 4.90 Å². The van der Waals surface area contributed by atoms with Crippen LogP contribution in [-0.4, -0.2) is 39.3 Å². The second-order valence-electron chi connectivity index (χ2n) is 4.92. The highest BCUT2D eigenvalue weighted by Gasteiger charge is 2.18. The van der Waals surface area contributed by atoms with Gasteiger partial charge < -0.3 is 5.32 Å². The molecule has 19 heavy (non-hydrogen) atoms. The third-order valence-electron chi connectivity index (χ3n) is 2.55. The predicted molar refractivity (Wildman–Crippen MR) is 74.5 cm³/mol. The van der Waals surface area contributed by atoms with Crippen molar-refractivity contribution >= 4 is 15.9 Å². The summed E-state index contributed by atoms with van der Waals surface area (Å²) < 4.78 is 25.1. The van der Waals surface area contributed by atoms with E-state index in [-0.39, 0.29) is 10.8 Å². The van der Waals surface area contributed by atoms with Crippen LogP contribution in [0.2, 0.25) is 0 Å². The minimum absolute atomic E-state index is 0.120. The van der Waals surface area contributed by atoms with Gasteiger partial charge in [-0.1, -0.05) is 19.9 Å². The van der Waals surface area contributed by atoms with Crippen molar-refractivity contribution in [3.63, 3.8) is 0 Å². The third-order valence-corrected chi connectivity index (χ3v) is 4.36. The maximum atomic E-state index is 12.0. The Morgan fingerprint density at radius 1 is 1.32 bits per heavy atom. The number of hydrogen-bond donors (Lipinski definition) is 1. The zero-order chi connectivity index (χ0) is 14.6. The van der Waals surface area contributed by atoms with Crippen LogP contribution in [0, 0.1) is 5.92 Å². The molecule has 0 aliphatic carbocycles. The van der Waals surface area contributed by atoms with Crippen LogP contribution in [0.15, 0.2) is 29.2 Å². The number of sulfonamides is 1. The topological polar surface area (TPSA) is 66.5 Å². The normalized spacial score (nSPS) is 11.9. The minimum Gasteiger partial charge on any atom is -0.352 e. The van der Waals surface area contributed by atoms with Crippen molar-refractivity contribution in [2.24, 2.45) is 5.92 Å². The van der Waals surface area contributed by atoms with Crippen molar-refractivity contribution in [3.8, 4) is 0 Å². The van der Waals surface area contributed by atoms with Crippen LogP contribution in [0.1, 0.15) is 24.2 Å². The van der Waals surface area contributed by atoms with E-state index in [1.165, 1.54) is 26.2 Å². The number of amides is 1. The lowest BCUT2D eigenvalue weighted by molar-refractivity contribution is 0.0949. The molecule has 5 nitrogen and oxygen atoms in total. The van der Waals surface area contributed by atoms with E-state index in [2.05, 4.69) is 5.32 Å². The summed E-state index contributed by atoms with van der Waals surface area (Å²) in [6.45, 7) is 4.55. The predicted octanol–water partition coefficient (Wildman–Crippen LogP) is 1.32. The van der Waals surface area contributed by atoms with Crippen LogP contribution in [0.3, 0.4) is 0 Å². The lowest BCUT2D eigenvalue weighted by atomic mass is 10.2. The first-order valence-corrected chi connectivity index (χ1v) is 7.50. The second-order valence-corrected chi connectivity index (χ2v) is 7.07. The van der Waals surface area contributed by atoms with E-state index < -0.39 is 10.0 Å². The standard InChI is InChI=1S/C13H20N2O3S/c1-10(2)9-14-13(16)11-6-5-7-12(8-11)19(17,18)15(3)4/h5-8,10H,9H2,1-4H3,(H,14,16). The molecule has 0 aliphatic heterocycles. The fourth-order valence-corrected chi connectivity index (χ4v) is 2.36. The average molecular weight is 284 g/mol. The SMILES string of the molecule is CC(C)CNC(=O)c1cccc(S(=O)(=O)N(C)C)c1. The van der Waals surface area contributed by atoms with Gasteiger partial charge in [-0.25, -0.2) is 12.7 Å². The maximum absolute atomic E-state index is 12.0. The first kappa shape index (κ1) is 15.7. The van der Waals surface area contributed by atoms with E-state index >= 15 is 0 Å². The number of rotatable bonds is 5. The molecule has 1 aromatic rings. The summed E-state index contributed by atoms with van der Waals surface area (Å²) in [4.78, 5) is 12.0. The van der Waals surface area contributed by atoms with Gasteiger partial charge in [-0.15, -0.1) is 0 Å². The Hall–Kier alpha value is -1.40. The zero-order valence-corrected chi connectivity index (χ0v) is 12.5. The molecule has 0 spiro atoms. The van der Waals surface area contributed by atoms with Gasteiger partial charge in [0.1, 0.15) is 0 Å². The van der Waals surface area contributed by atoms with Gasteiger partial charge >= 0.3 is 0 Å². The maximum Gasteiger partial charge on any atom is 0.251 e. The molecule has 0 unspecified atom stereocenters. The largest absolute Gasteiger partial charge is 0.352 e. The summed E-state index contributed by atoms with van der Waals surface area (Å²) >= 11 is 0. The molecule has 106 valence electrons. The van der Waals surface area contributed by atoms with Gasteiger partial charge in [0.15, 0.2) is 0 Å². The summed E-state index contributed by atoms with van der Waals surface area (Å²) in [6, 6.07) is 6.05. The zero-order valence-electron chi connectivity index (χ0n) is 11.7. The van der Waals surface area contributed by atoms with Crippen molar-refractivity contribution in [3.05, 3.63) is 29.8 Å². The smallest absolute Gasteiger partial charge is 0.251 e. The molecule has 0 aromatic heterocycles. The van der Waals surface area contributed by atoms with Crippen molar-refractivity contribution in [2.75, 3.05) is 20.6 Å². The molecule has 1 aromatic carbocycles. The lowest BCUT2D eigenvalue weighted by Gasteiger charge is -2.12. The van der Waals surface area contributed by atoms with Gasteiger partial charge in [0, 0.05) is 26.2 Å². The van der Waals surface area contributed by atoms with E-state index in [0.717, 1.165) is 4.31 Å². The Bertz CT molecular complexity index is 551. The third kappa shape index (κ3) is 4.04. The monoisotopic (exact) mass is 284 g/mol. The lowest BCUT2D eigenvalue weighted by Crippen LogP contribution is -2.28. The average Bonchev–Trinajstić information content (AvgIpc) is 2.35. The number of nitrogens with zero attached hydrogens (tertiary/aromatic N) is 1. The summed E-state index contributed by atoms with van der Waals surface area (Å²) in [5, 5.41) is 2.76. The van der Waals surface area contributed by atoms with Gasteiger partial charge in [-0.3, -0.25) is 4.79 Å². The molecule has 0 heterocycles. The quantitative estimate of drug-likeness (QED) is 0.887. The van der Waals surface area contributed by atoms with Crippen LogP contribution in [-0.2, 0) is 10.0 Å². The highest BCUT2D eigenvalue weighted by Crippen LogP contribution is 2.14. The van der Waals surface area contributed by atoms with E-state index in [0.29, 0.717) is 18.0 Å². The number of carbonyl (C=O) groups excluding carboxylic acids is 1. The molecule has 0 bridgehead atoms. The molecule has 0 fully saturated rings. The number of benzene rings is 1. The van der Waals surface area contributed by atoms with E-state index in [1.807, 2.05) is 13.8 Å². The Labute approximate surface area is 114 Å². The highest BCUT2D eigenvalue weighted by molar-refractivity contribution is 7.89. The summed E-state index contributed by atoms with van der Waals surface area (Å²) in [6.07, 6.45) is 0. The van der Waals surface area contributed by atoms with Gasteiger partial charge in [-0.05, 0) is 24.1 Å². The van der Waals surface area contributed by atoms with Crippen LogP contribution in [0.5, 0.6) is 0 Å². The van der Waals surface area contributed by atoms with Crippen LogP contribution in [0.25, 0.3) is 0 Å². The Kier molecular flexibility index (Phi) is 5.08. The van der Waals surface area contributed by atoms with E-state index in [1.54, 1.807) is 12.1 Å². The van der Waals surface area contributed by atoms with Crippen LogP contribution in [0.4, 0.5) is 0 Å². The first-order chi connectivity index (χ1) is 8.75. The molecule has 0 saturated carbocycles. The Balaban J connectivity index is 2.98. The van der Waals surface area contributed by atoms with Gasteiger partial charge in [0.25, 0.3) is 5.91 Å². The fraction of sp³-hybridized carbons (Fsp3) is 0.462. The molecule has 1 N–H and O–H groups in total. The summed E-state index contributed by atoms with van der Waals surface area (Å²) in [7, 11) is -0.593. The molecule has 0 atom stereocenters. The number of nitrogens with one attached hydrogen (secondary N) is 1. The van der Waals surface area contributed by atoms with E-state index in [4.69, 9.17) is 0 Å². The number of carbonyl (C=O) groups is 1. The van der Waals surface area contributed by atoms with Gasteiger partial charge in [-0.2, -0.15) is 0 Å². The molecule has 0 saturated heterocycles. The summed E-state index contributed by atoms with van der Waals surface area (Å²) in [5.74, 6) is 0.0853. The molecule has 6 heteroatoms.